The number of anilines is 1. The second-order valence-electron chi connectivity index (χ2n) is 6.66. The Morgan fingerprint density at radius 1 is 1.08 bits per heavy atom. The van der Waals surface area contributed by atoms with Crippen molar-refractivity contribution in [1.82, 2.24) is 4.90 Å². The number of likely N-dealkylation sites (N-methyl/N-ethyl adjacent to an activating group) is 1. The minimum atomic E-state index is -0.497. The Labute approximate surface area is 152 Å². The van der Waals surface area contributed by atoms with Gasteiger partial charge in [-0.1, -0.05) is 41.4 Å². The maximum absolute atomic E-state index is 12.9. The van der Waals surface area contributed by atoms with Crippen LogP contribution in [0.1, 0.15) is 24.0 Å². The number of halogens is 1. The lowest BCUT2D eigenvalue weighted by atomic mass is 9.94. The fourth-order valence-electron chi connectivity index (χ4n) is 3.01. The van der Waals surface area contributed by atoms with Crippen molar-refractivity contribution in [3.8, 4) is 0 Å². The Morgan fingerprint density at radius 2 is 1.68 bits per heavy atom. The van der Waals surface area contributed by atoms with Crippen LogP contribution in [0, 0.1) is 6.92 Å². The Bertz CT molecular complexity index is 780. The number of nitrogens with one attached hydrogen (secondary N) is 1. The van der Waals surface area contributed by atoms with Gasteiger partial charge in [0.05, 0.1) is 12.0 Å². The lowest BCUT2D eigenvalue weighted by Crippen LogP contribution is -2.41. The molecule has 0 heterocycles. The van der Waals surface area contributed by atoms with Crippen molar-refractivity contribution in [2.45, 2.75) is 25.2 Å². The summed E-state index contributed by atoms with van der Waals surface area (Å²) in [5.41, 5.74) is 2.33. The molecule has 1 fully saturated rings. The van der Waals surface area contributed by atoms with Crippen LogP contribution >= 0.6 is 11.6 Å². The lowest BCUT2D eigenvalue weighted by Gasteiger charge is -2.23. The molecular weight excluding hydrogens is 336 g/mol. The number of hydrogen-bond acceptors (Lipinski definition) is 2. The normalized spacial score (nSPS) is 14.7. The Hall–Kier alpha value is -2.33. The highest BCUT2D eigenvalue weighted by atomic mass is 35.5. The quantitative estimate of drug-likeness (QED) is 0.886. The molecule has 130 valence electrons. The first-order chi connectivity index (χ1) is 11.9. The Kier molecular flexibility index (Phi) is 4.82. The van der Waals surface area contributed by atoms with Crippen LogP contribution in [-0.4, -0.2) is 30.3 Å². The van der Waals surface area contributed by atoms with Crippen molar-refractivity contribution in [2.75, 3.05) is 18.9 Å². The number of benzene rings is 2. The molecule has 4 nitrogen and oxygen atoms in total. The first-order valence-corrected chi connectivity index (χ1v) is 8.67. The first-order valence-electron chi connectivity index (χ1n) is 8.29. The number of rotatable bonds is 5. The molecule has 0 unspecified atom stereocenters. The van der Waals surface area contributed by atoms with Gasteiger partial charge in [-0.2, -0.15) is 0 Å². The zero-order valence-electron chi connectivity index (χ0n) is 14.4. The van der Waals surface area contributed by atoms with Crippen LogP contribution in [0.4, 0.5) is 5.69 Å². The van der Waals surface area contributed by atoms with E-state index >= 15 is 0 Å². The van der Waals surface area contributed by atoms with E-state index in [0.29, 0.717) is 5.02 Å². The van der Waals surface area contributed by atoms with Crippen molar-refractivity contribution in [2.24, 2.45) is 0 Å². The summed E-state index contributed by atoms with van der Waals surface area (Å²) in [4.78, 5) is 26.6. The van der Waals surface area contributed by atoms with Crippen LogP contribution in [0.3, 0.4) is 0 Å². The Morgan fingerprint density at radius 3 is 2.24 bits per heavy atom. The summed E-state index contributed by atoms with van der Waals surface area (Å²) in [6.45, 7) is 2.02. The fourth-order valence-corrected chi connectivity index (χ4v) is 3.14. The van der Waals surface area contributed by atoms with Gasteiger partial charge in [-0.25, -0.2) is 0 Å². The van der Waals surface area contributed by atoms with Gasteiger partial charge in [0.1, 0.15) is 0 Å². The zero-order chi connectivity index (χ0) is 18.0. The summed E-state index contributed by atoms with van der Waals surface area (Å²) < 4.78 is 0. The van der Waals surface area contributed by atoms with Gasteiger partial charge in [0, 0.05) is 17.8 Å². The van der Waals surface area contributed by atoms with Crippen LogP contribution < -0.4 is 5.32 Å². The van der Waals surface area contributed by atoms with Crippen molar-refractivity contribution in [3.63, 3.8) is 0 Å². The van der Waals surface area contributed by atoms with Crippen molar-refractivity contribution < 1.29 is 9.59 Å². The summed E-state index contributed by atoms with van der Waals surface area (Å²) in [5, 5.41) is 3.47. The van der Waals surface area contributed by atoms with E-state index in [9.17, 15) is 9.59 Å². The van der Waals surface area contributed by atoms with Crippen LogP contribution in [0.15, 0.2) is 48.5 Å². The van der Waals surface area contributed by atoms with E-state index in [4.69, 9.17) is 11.6 Å². The second kappa shape index (κ2) is 6.89. The summed E-state index contributed by atoms with van der Waals surface area (Å²) in [6, 6.07) is 15.0. The SMILES string of the molecule is Cc1ccc(NC(=O)CN(C)C(=O)C2(c3ccc(Cl)cc3)CC2)cc1. The third kappa shape index (κ3) is 3.85. The number of carbonyl (C=O) groups is 2. The molecule has 1 aliphatic rings. The maximum Gasteiger partial charge on any atom is 0.243 e. The maximum atomic E-state index is 12.9. The van der Waals surface area contributed by atoms with Gasteiger partial charge >= 0.3 is 0 Å². The molecule has 2 aromatic carbocycles. The van der Waals surface area contributed by atoms with Crippen LogP contribution in [0.5, 0.6) is 0 Å². The zero-order valence-corrected chi connectivity index (χ0v) is 15.1. The molecular formula is C20H21ClN2O2. The first kappa shape index (κ1) is 17.5. The molecule has 5 heteroatoms. The van der Waals surface area contributed by atoms with Crippen molar-refractivity contribution in [3.05, 3.63) is 64.7 Å². The van der Waals surface area contributed by atoms with Crippen LogP contribution in [-0.2, 0) is 15.0 Å². The highest BCUT2D eigenvalue weighted by Gasteiger charge is 2.52. The largest absolute Gasteiger partial charge is 0.336 e. The minimum absolute atomic E-state index is 0.0196. The molecule has 0 atom stereocenters. The average Bonchev–Trinajstić information content (AvgIpc) is 3.38. The van der Waals surface area contributed by atoms with Crippen LogP contribution in [0.2, 0.25) is 5.02 Å². The molecule has 1 saturated carbocycles. The molecule has 25 heavy (non-hydrogen) atoms. The number of amides is 2. The van der Waals surface area contributed by atoms with Gasteiger partial charge in [0.15, 0.2) is 0 Å². The number of carbonyl (C=O) groups excluding carboxylic acids is 2. The van der Waals surface area contributed by atoms with E-state index in [-0.39, 0.29) is 18.4 Å². The summed E-state index contributed by atoms with van der Waals surface area (Å²) in [5.74, 6) is -0.222. The Balaban J connectivity index is 1.63. The van der Waals surface area contributed by atoms with E-state index in [2.05, 4.69) is 5.32 Å². The van der Waals surface area contributed by atoms with Gasteiger partial charge < -0.3 is 10.2 Å². The van der Waals surface area contributed by atoms with Crippen molar-refractivity contribution >= 4 is 29.1 Å². The van der Waals surface area contributed by atoms with Gasteiger partial charge in [-0.05, 0) is 49.6 Å². The molecule has 1 N–H and O–H groups in total. The molecule has 0 radical (unpaired) electrons. The predicted octanol–water partition coefficient (Wildman–Crippen LogP) is 3.78. The van der Waals surface area contributed by atoms with E-state index in [1.807, 2.05) is 43.3 Å². The monoisotopic (exact) mass is 356 g/mol. The summed E-state index contributed by atoms with van der Waals surface area (Å²) >= 11 is 5.93. The minimum Gasteiger partial charge on any atom is -0.336 e. The standard InChI is InChI=1S/C20H21ClN2O2/c1-14-3-9-17(10-4-14)22-18(24)13-23(2)19(25)20(11-12-20)15-5-7-16(21)8-6-15/h3-10H,11-13H2,1-2H3,(H,22,24). The topological polar surface area (TPSA) is 49.4 Å². The molecule has 0 bridgehead atoms. The summed E-state index contributed by atoms with van der Waals surface area (Å²) in [7, 11) is 1.67. The molecule has 2 aromatic rings. The van der Waals surface area contributed by atoms with Crippen molar-refractivity contribution in [1.29, 1.82) is 0 Å². The molecule has 2 amide bonds. The molecule has 0 aromatic heterocycles. The lowest BCUT2D eigenvalue weighted by molar-refractivity contribution is -0.135. The molecule has 1 aliphatic carbocycles. The van der Waals surface area contributed by atoms with Crippen LogP contribution in [0.25, 0.3) is 0 Å². The van der Waals surface area contributed by atoms with Gasteiger partial charge in [-0.3, -0.25) is 9.59 Å². The second-order valence-corrected chi connectivity index (χ2v) is 7.10. The number of hydrogen-bond donors (Lipinski definition) is 1. The molecule has 0 aliphatic heterocycles. The molecule has 0 saturated heterocycles. The van der Waals surface area contributed by atoms with Gasteiger partial charge in [-0.15, -0.1) is 0 Å². The highest BCUT2D eigenvalue weighted by molar-refractivity contribution is 6.30. The predicted molar refractivity (Wildman–Crippen MR) is 99.8 cm³/mol. The highest BCUT2D eigenvalue weighted by Crippen LogP contribution is 2.49. The molecule has 3 rings (SSSR count). The van der Waals surface area contributed by atoms with E-state index < -0.39 is 5.41 Å². The van der Waals surface area contributed by atoms with Gasteiger partial charge in [0.25, 0.3) is 0 Å². The molecule has 0 spiro atoms. The fraction of sp³-hybridized carbons (Fsp3) is 0.300. The van der Waals surface area contributed by atoms with Gasteiger partial charge in [0.2, 0.25) is 11.8 Å². The number of aryl methyl sites for hydroxylation is 1. The summed E-state index contributed by atoms with van der Waals surface area (Å²) in [6.07, 6.45) is 1.61. The van der Waals surface area contributed by atoms with E-state index in [0.717, 1.165) is 29.7 Å². The van der Waals surface area contributed by atoms with E-state index in [1.165, 1.54) is 4.90 Å². The smallest absolute Gasteiger partial charge is 0.243 e. The van der Waals surface area contributed by atoms with E-state index in [1.54, 1.807) is 19.2 Å². The third-order valence-corrected chi connectivity index (χ3v) is 4.87. The third-order valence-electron chi connectivity index (χ3n) is 4.62. The number of nitrogens with zero attached hydrogens (tertiary/aromatic N) is 1. The average molecular weight is 357 g/mol.